The van der Waals surface area contributed by atoms with Gasteiger partial charge in [-0.2, -0.15) is 0 Å². The van der Waals surface area contributed by atoms with Crippen LogP contribution >= 0.6 is 0 Å². The van der Waals surface area contributed by atoms with Crippen molar-refractivity contribution in [3.8, 4) is 11.3 Å². The molecule has 22 heavy (non-hydrogen) atoms. The van der Waals surface area contributed by atoms with E-state index in [1.807, 2.05) is 24.3 Å². The van der Waals surface area contributed by atoms with Gasteiger partial charge in [-0.25, -0.2) is 4.99 Å². The first-order valence-electron chi connectivity index (χ1n) is 7.71. The fourth-order valence-electron chi connectivity index (χ4n) is 2.83. The molecule has 4 heteroatoms. The Balaban J connectivity index is 2.00. The number of aliphatic imine (C=N–C) groups is 1. The van der Waals surface area contributed by atoms with Gasteiger partial charge in [0.05, 0.1) is 18.5 Å². The number of methoxy groups -OCH3 is 1. The first-order chi connectivity index (χ1) is 10.9. The van der Waals surface area contributed by atoms with E-state index >= 15 is 0 Å². The summed E-state index contributed by atoms with van der Waals surface area (Å²) in [6.45, 7) is 2.13. The van der Waals surface area contributed by atoms with Gasteiger partial charge in [-0.3, -0.25) is 4.98 Å². The second-order valence-corrected chi connectivity index (χ2v) is 5.46. The molecule has 1 fully saturated rings. The number of hydrogen-bond acceptors (Lipinski definition) is 4. The zero-order valence-electron chi connectivity index (χ0n) is 12.8. The smallest absolute Gasteiger partial charge is 0.174 e. The van der Waals surface area contributed by atoms with Crippen molar-refractivity contribution in [1.82, 2.24) is 10.3 Å². The van der Waals surface area contributed by atoms with Crippen molar-refractivity contribution in [2.45, 2.75) is 18.8 Å². The Bertz CT molecular complexity index is 634. The third kappa shape index (κ3) is 3.34. The molecule has 0 bridgehead atoms. The Morgan fingerprint density at radius 2 is 1.91 bits per heavy atom. The molecule has 0 unspecified atom stereocenters. The normalized spacial score (nSPS) is 16.0. The van der Waals surface area contributed by atoms with Crippen LogP contribution in [0.1, 0.15) is 24.5 Å². The molecule has 0 radical (unpaired) electrons. The highest BCUT2D eigenvalue weighted by Gasteiger charge is 2.18. The summed E-state index contributed by atoms with van der Waals surface area (Å²) in [5, 5.41) is 3.40. The fourth-order valence-corrected chi connectivity index (χ4v) is 2.83. The van der Waals surface area contributed by atoms with Crippen molar-refractivity contribution in [1.29, 1.82) is 0 Å². The summed E-state index contributed by atoms with van der Waals surface area (Å²) in [4.78, 5) is 9.29. The highest BCUT2D eigenvalue weighted by Crippen LogP contribution is 2.32. The maximum absolute atomic E-state index is 4.96. The van der Waals surface area contributed by atoms with Gasteiger partial charge in [0.25, 0.3) is 0 Å². The Hall–Kier alpha value is -2.20. The number of benzene rings is 1. The number of hydrogen-bond donors (Lipinski definition) is 1. The molecule has 1 aliphatic heterocycles. The number of pyridine rings is 1. The SMILES string of the molecule is COC=Nc1ccc(C2CCNCC2)nc1-c1ccccc1. The first kappa shape index (κ1) is 14.7. The molecular formula is C18H21N3O. The summed E-state index contributed by atoms with van der Waals surface area (Å²) in [6.07, 6.45) is 3.73. The Morgan fingerprint density at radius 3 is 2.64 bits per heavy atom. The highest BCUT2D eigenvalue weighted by molar-refractivity contribution is 5.74. The topological polar surface area (TPSA) is 46.5 Å². The Labute approximate surface area is 131 Å². The van der Waals surface area contributed by atoms with E-state index in [1.165, 1.54) is 6.40 Å². The maximum atomic E-state index is 4.96. The third-order valence-corrected chi connectivity index (χ3v) is 4.00. The lowest BCUT2D eigenvalue weighted by atomic mass is 9.93. The molecule has 2 aromatic rings. The van der Waals surface area contributed by atoms with Crippen molar-refractivity contribution in [2.75, 3.05) is 20.2 Å². The van der Waals surface area contributed by atoms with Gasteiger partial charge in [0, 0.05) is 17.2 Å². The van der Waals surface area contributed by atoms with E-state index in [2.05, 4.69) is 28.5 Å². The second kappa shape index (κ2) is 7.18. The highest BCUT2D eigenvalue weighted by atomic mass is 16.5. The maximum Gasteiger partial charge on any atom is 0.174 e. The lowest BCUT2D eigenvalue weighted by Crippen LogP contribution is -2.27. The van der Waals surface area contributed by atoms with Crippen molar-refractivity contribution < 1.29 is 4.74 Å². The molecule has 1 aliphatic rings. The summed E-state index contributed by atoms with van der Waals surface area (Å²) < 4.78 is 4.96. The molecular weight excluding hydrogens is 274 g/mol. The minimum atomic E-state index is 0.532. The average molecular weight is 295 g/mol. The van der Waals surface area contributed by atoms with Crippen LogP contribution in [0.3, 0.4) is 0 Å². The van der Waals surface area contributed by atoms with Crippen LogP contribution in [-0.4, -0.2) is 31.6 Å². The van der Waals surface area contributed by atoms with Crippen molar-refractivity contribution in [3.63, 3.8) is 0 Å². The second-order valence-electron chi connectivity index (χ2n) is 5.46. The zero-order chi connectivity index (χ0) is 15.2. The van der Waals surface area contributed by atoms with E-state index in [1.54, 1.807) is 7.11 Å². The molecule has 1 saturated heterocycles. The molecule has 1 aromatic carbocycles. The average Bonchev–Trinajstić information content (AvgIpc) is 2.61. The monoisotopic (exact) mass is 295 g/mol. The summed E-state index contributed by atoms with van der Waals surface area (Å²) in [7, 11) is 1.60. The van der Waals surface area contributed by atoms with Gasteiger partial charge in [0.15, 0.2) is 6.40 Å². The van der Waals surface area contributed by atoms with Crippen LogP contribution in [0.4, 0.5) is 5.69 Å². The molecule has 0 atom stereocenters. The lowest BCUT2D eigenvalue weighted by Gasteiger charge is -2.22. The first-order valence-corrected chi connectivity index (χ1v) is 7.71. The number of piperidine rings is 1. The van der Waals surface area contributed by atoms with Crippen LogP contribution in [-0.2, 0) is 4.74 Å². The third-order valence-electron chi connectivity index (χ3n) is 4.00. The Morgan fingerprint density at radius 1 is 1.14 bits per heavy atom. The molecule has 0 spiro atoms. The summed E-state index contributed by atoms with van der Waals surface area (Å²) >= 11 is 0. The number of nitrogens with zero attached hydrogens (tertiary/aromatic N) is 2. The summed E-state index contributed by atoms with van der Waals surface area (Å²) in [5.41, 5.74) is 4.01. The predicted molar refractivity (Wildman–Crippen MR) is 89.7 cm³/mol. The van der Waals surface area contributed by atoms with Gasteiger partial charge in [0.2, 0.25) is 0 Å². The summed E-state index contributed by atoms with van der Waals surface area (Å²) in [5.74, 6) is 0.532. The molecule has 0 saturated carbocycles. The van der Waals surface area contributed by atoms with E-state index in [4.69, 9.17) is 9.72 Å². The van der Waals surface area contributed by atoms with Gasteiger partial charge >= 0.3 is 0 Å². The van der Waals surface area contributed by atoms with Crippen LogP contribution < -0.4 is 5.32 Å². The van der Waals surface area contributed by atoms with Gasteiger partial charge in [-0.1, -0.05) is 30.3 Å². The largest absolute Gasteiger partial charge is 0.486 e. The van der Waals surface area contributed by atoms with Gasteiger partial charge in [-0.15, -0.1) is 0 Å². The molecule has 114 valence electrons. The quantitative estimate of drug-likeness (QED) is 0.693. The van der Waals surface area contributed by atoms with E-state index in [0.717, 1.165) is 48.6 Å². The molecule has 4 nitrogen and oxygen atoms in total. The van der Waals surface area contributed by atoms with E-state index < -0.39 is 0 Å². The lowest BCUT2D eigenvalue weighted by molar-refractivity contribution is 0.423. The van der Waals surface area contributed by atoms with Crippen LogP contribution in [0, 0.1) is 0 Å². The van der Waals surface area contributed by atoms with Gasteiger partial charge in [0.1, 0.15) is 0 Å². The van der Waals surface area contributed by atoms with Crippen LogP contribution in [0.25, 0.3) is 11.3 Å². The van der Waals surface area contributed by atoms with Gasteiger partial charge in [-0.05, 0) is 38.1 Å². The van der Waals surface area contributed by atoms with E-state index in [-0.39, 0.29) is 0 Å². The van der Waals surface area contributed by atoms with Gasteiger partial charge < -0.3 is 10.1 Å². The van der Waals surface area contributed by atoms with E-state index in [0.29, 0.717) is 5.92 Å². The van der Waals surface area contributed by atoms with E-state index in [9.17, 15) is 0 Å². The number of aromatic nitrogens is 1. The molecule has 1 N–H and O–H groups in total. The minimum absolute atomic E-state index is 0.532. The molecule has 1 aromatic heterocycles. The molecule has 2 heterocycles. The molecule has 0 aliphatic carbocycles. The zero-order valence-corrected chi connectivity index (χ0v) is 12.8. The number of ether oxygens (including phenoxy) is 1. The molecule has 0 amide bonds. The molecule has 3 rings (SSSR count). The standard InChI is InChI=1S/C18H21N3O/c1-22-13-20-17-8-7-16(14-9-11-19-12-10-14)21-18(17)15-5-3-2-4-6-15/h2-8,13-14,19H,9-12H2,1H3. The number of rotatable bonds is 4. The van der Waals surface area contributed by atoms with Crippen LogP contribution in [0.5, 0.6) is 0 Å². The predicted octanol–water partition coefficient (Wildman–Crippen LogP) is 3.52. The van der Waals surface area contributed by atoms with Crippen LogP contribution in [0.15, 0.2) is 47.5 Å². The van der Waals surface area contributed by atoms with Crippen LogP contribution in [0.2, 0.25) is 0 Å². The summed E-state index contributed by atoms with van der Waals surface area (Å²) in [6, 6.07) is 14.3. The fraction of sp³-hybridized carbons (Fsp3) is 0.333. The van der Waals surface area contributed by atoms with Crippen molar-refractivity contribution in [3.05, 3.63) is 48.2 Å². The Kier molecular flexibility index (Phi) is 4.81. The minimum Gasteiger partial charge on any atom is -0.486 e. The number of nitrogens with one attached hydrogen (secondary N) is 1. The van der Waals surface area contributed by atoms with Crippen molar-refractivity contribution >= 4 is 12.1 Å². The van der Waals surface area contributed by atoms with Crippen molar-refractivity contribution in [2.24, 2.45) is 4.99 Å².